The molecule has 2 aromatic rings. The average Bonchev–Trinajstić information content (AvgIpc) is 2.73. The molecule has 8 nitrogen and oxygen atoms in total. The summed E-state index contributed by atoms with van der Waals surface area (Å²) in [5.74, 6) is 1.08. The molecule has 0 radical (unpaired) electrons. The number of phosphoric acid groups is 1. The highest BCUT2D eigenvalue weighted by Gasteiger charge is 2.19. The van der Waals surface area contributed by atoms with Gasteiger partial charge in [0, 0.05) is 19.5 Å². The Morgan fingerprint density at radius 1 is 1.36 bits per heavy atom. The Kier molecular flexibility index (Phi) is 12.2. The molecular formula is C12H18ClN4O4PS3-4. The molecule has 0 aliphatic carbocycles. The predicted octanol–water partition coefficient (Wildman–Crippen LogP) is -2.28. The first kappa shape index (κ1) is 26.8. The van der Waals surface area contributed by atoms with E-state index in [2.05, 4.69) is 14.5 Å². The molecule has 2 rings (SSSR count). The molecule has 2 aromatic heterocycles. The normalized spacial score (nSPS) is 10.4. The minimum Gasteiger partial charge on any atom is -2.00 e. The van der Waals surface area contributed by atoms with Gasteiger partial charge in [0.05, 0.1) is 17.0 Å². The van der Waals surface area contributed by atoms with Crippen molar-refractivity contribution in [3.63, 3.8) is 0 Å². The minimum absolute atomic E-state index is 0. The van der Waals surface area contributed by atoms with E-state index in [-0.39, 0.29) is 46.0 Å². The van der Waals surface area contributed by atoms with Gasteiger partial charge in [-0.05, 0) is 6.92 Å². The summed E-state index contributed by atoms with van der Waals surface area (Å²) < 4.78 is 17.1. The maximum Gasteiger partial charge on any atom is 0.469 e. The summed E-state index contributed by atoms with van der Waals surface area (Å²) in [4.78, 5) is 26.6. The second-order valence-electron chi connectivity index (χ2n) is 4.76. The molecule has 0 aliphatic heterocycles. The van der Waals surface area contributed by atoms with Gasteiger partial charge in [-0.3, -0.25) is 4.52 Å². The molecule has 0 unspecified atom stereocenters. The van der Waals surface area contributed by atoms with Crippen molar-refractivity contribution in [2.75, 3.05) is 12.3 Å². The summed E-state index contributed by atoms with van der Waals surface area (Å²) in [6.07, 6.45) is 2.15. The Morgan fingerprint density at radius 2 is 2.00 bits per heavy atom. The van der Waals surface area contributed by atoms with E-state index in [1.165, 1.54) is 11.3 Å². The first-order valence-electron chi connectivity index (χ1n) is 6.51. The largest absolute Gasteiger partial charge is 2.00 e. The van der Waals surface area contributed by atoms with Crippen molar-refractivity contribution in [1.82, 2.24) is 9.97 Å². The van der Waals surface area contributed by atoms with Gasteiger partial charge in [-0.25, -0.2) is 14.5 Å². The molecule has 13 heteroatoms. The van der Waals surface area contributed by atoms with Crippen molar-refractivity contribution < 1.29 is 35.8 Å². The van der Waals surface area contributed by atoms with Crippen molar-refractivity contribution in [2.24, 2.45) is 0 Å². The lowest BCUT2D eigenvalue weighted by atomic mass is 10.2. The van der Waals surface area contributed by atoms with Gasteiger partial charge in [0.1, 0.15) is 11.6 Å². The van der Waals surface area contributed by atoms with E-state index in [4.69, 9.17) is 15.5 Å². The third-order valence-electron chi connectivity index (χ3n) is 3.10. The minimum atomic E-state index is -4.41. The fraction of sp³-hybridized carbons (Fsp3) is 0.417. The van der Waals surface area contributed by atoms with Crippen LogP contribution in [0.1, 0.15) is 22.0 Å². The molecule has 0 aliphatic rings. The zero-order chi connectivity index (χ0) is 16.3. The summed E-state index contributed by atoms with van der Waals surface area (Å²) >= 11 is 1.50. The van der Waals surface area contributed by atoms with Gasteiger partial charge in [0.2, 0.25) is 5.51 Å². The van der Waals surface area contributed by atoms with Crippen LogP contribution in [0.3, 0.4) is 0 Å². The van der Waals surface area contributed by atoms with Crippen molar-refractivity contribution in [3.8, 4) is 0 Å². The lowest BCUT2D eigenvalue weighted by Crippen LogP contribution is -3.00. The molecular weight excluding hydrogens is 427 g/mol. The second-order valence-corrected chi connectivity index (χ2v) is 6.94. The Bertz CT molecular complexity index is 728. The number of hydrogen-bond donors (Lipinski definition) is 3. The summed E-state index contributed by atoms with van der Waals surface area (Å²) in [5, 5.41) is 0. The van der Waals surface area contributed by atoms with E-state index >= 15 is 0 Å². The molecule has 0 fully saturated rings. The zero-order valence-electron chi connectivity index (χ0n) is 13.5. The summed E-state index contributed by atoms with van der Waals surface area (Å²) in [6.45, 7) is 4.24. The third-order valence-corrected chi connectivity index (χ3v) is 4.77. The number of phosphoric ester groups is 1. The van der Waals surface area contributed by atoms with E-state index in [1.54, 1.807) is 13.1 Å². The van der Waals surface area contributed by atoms with Gasteiger partial charge in [0.15, 0.2) is 12.2 Å². The number of halogens is 1. The standard InChI is InChI=1S/C12H17N4O4PS.ClH.2S/c1-8-11(3-4-20-21(17,18)19)22-7-16(8)6-10-5-14-9(2)15-12(10)13;;;/h5,7H,3-4,6H2,1-2H3,(H3-,13,14,15,17,18,19);1H;;/q;;2*-2. The maximum absolute atomic E-state index is 10.7. The van der Waals surface area contributed by atoms with Crippen LogP contribution >= 0.6 is 19.2 Å². The molecule has 0 amide bonds. The molecule has 4 N–H and O–H groups in total. The Morgan fingerprint density at radius 3 is 2.56 bits per heavy atom. The highest BCUT2D eigenvalue weighted by molar-refractivity contribution is 7.46. The Hall–Kier alpha value is -0.390. The molecule has 144 valence electrons. The van der Waals surface area contributed by atoms with Gasteiger partial charge in [-0.15, -0.1) is 0 Å². The van der Waals surface area contributed by atoms with Crippen molar-refractivity contribution in [2.45, 2.75) is 26.8 Å². The number of thiazole rings is 1. The van der Waals surface area contributed by atoms with Gasteiger partial charge >= 0.3 is 7.82 Å². The first-order chi connectivity index (χ1) is 10.3. The van der Waals surface area contributed by atoms with E-state index in [9.17, 15) is 4.57 Å². The van der Waals surface area contributed by atoms with E-state index in [0.717, 1.165) is 16.1 Å². The Balaban J connectivity index is 0. The number of hydrogen-bond acceptors (Lipinski definition) is 6. The molecule has 2 heterocycles. The number of nitrogens with two attached hydrogens (primary N) is 1. The van der Waals surface area contributed by atoms with Crippen LogP contribution in [-0.4, -0.2) is 26.4 Å². The quantitative estimate of drug-likeness (QED) is 0.339. The van der Waals surface area contributed by atoms with Crippen molar-refractivity contribution in [3.05, 3.63) is 33.7 Å². The fourth-order valence-electron chi connectivity index (χ4n) is 1.92. The van der Waals surface area contributed by atoms with Gasteiger partial charge < -0.3 is 54.9 Å². The summed E-state index contributed by atoms with van der Waals surface area (Å²) in [6, 6.07) is 0. The molecule has 0 bridgehead atoms. The van der Waals surface area contributed by atoms with Crippen LogP contribution in [-0.2, 0) is 49.0 Å². The monoisotopic (exact) mass is 444 g/mol. The summed E-state index contributed by atoms with van der Waals surface area (Å²) in [5.41, 5.74) is 9.65. The van der Waals surface area contributed by atoms with Crippen LogP contribution in [0.5, 0.6) is 0 Å². The number of nitrogens with zero attached hydrogens (tertiary/aromatic N) is 3. The van der Waals surface area contributed by atoms with Crippen molar-refractivity contribution >= 4 is 52.0 Å². The smallest absolute Gasteiger partial charge is 0.469 e. The topological polar surface area (TPSA) is 122 Å². The Labute approximate surface area is 170 Å². The lowest BCUT2D eigenvalue weighted by Gasteiger charge is -2.04. The van der Waals surface area contributed by atoms with Crippen LogP contribution in [0.25, 0.3) is 0 Å². The average molecular weight is 445 g/mol. The molecule has 0 spiro atoms. The number of rotatable bonds is 6. The predicted molar refractivity (Wildman–Crippen MR) is 96.0 cm³/mol. The number of aryl methyl sites for hydroxylation is 1. The number of aromatic nitrogens is 3. The van der Waals surface area contributed by atoms with Crippen molar-refractivity contribution in [1.29, 1.82) is 0 Å². The van der Waals surface area contributed by atoms with Crippen LogP contribution in [0, 0.1) is 13.8 Å². The van der Waals surface area contributed by atoms with Gasteiger partial charge in [0.25, 0.3) is 0 Å². The summed E-state index contributed by atoms with van der Waals surface area (Å²) in [7, 11) is -4.41. The second kappa shape index (κ2) is 11.3. The highest BCUT2D eigenvalue weighted by atomic mass is 35.5. The van der Waals surface area contributed by atoms with Crippen LogP contribution in [0.4, 0.5) is 5.82 Å². The zero-order valence-corrected chi connectivity index (χ0v) is 17.6. The molecule has 25 heavy (non-hydrogen) atoms. The SMILES string of the molecule is Cc1ncc(C[n+]2csc(CCOP(=O)(O)O)c2C)c(N)n1.[Cl-].[S-2].[S-2]. The molecule has 0 atom stereocenters. The molecule has 0 saturated heterocycles. The molecule has 0 saturated carbocycles. The van der Waals surface area contributed by atoms with E-state index < -0.39 is 7.82 Å². The van der Waals surface area contributed by atoms with Crippen LogP contribution in [0.2, 0.25) is 0 Å². The van der Waals surface area contributed by atoms with Crippen LogP contribution < -0.4 is 22.7 Å². The first-order valence-corrected chi connectivity index (χ1v) is 8.92. The van der Waals surface area contributed by atoms with Crippen LogP contribution in [0.15, 0.2) is 11.7 Å². The fourth-order valence-corrected chi connectivity index (χ4v) is 3.23. The lowest BCUT2D eigenvalue weighted by molar-refractivity contribution is -0.689. The third kappa shape index (κ3) is 8.23. The maximum atomic E-state index is 10.7. The van der Waals surface area contributed by atoms with Gasteiger partial charge in [-0.1, -0.05) is 11.3 Å². The van der Waals surface area contributed by atoms with E-state index in [1.807, 2.05) is 17.0 Å². The van der Waals surface area contributed by atoms with Gasteiger partial charge in [-0.2, -0.15) is 4.57 Å². The van der Waals surface area contributed by atoms with E-state index in [0.29, 0.717) is 24.6 Å². The number of nitrogen functional groups attached to an aromatic ring is 1. The number of anilines is 1. The molecule has 0 aromatic carbocycles. The highest BCUT2D eigenvalue weighted by Crippen LogP contribution is 2.35.